The van der Waals surface area contributed by atoms with Gasteiger partial charge in [0.05, 0.1) is 19.8 Å². The fourth-order valence-corrected chi connectivity index (χ4v) is 3.62. The molecule has 2 aliphatic rings. The first-order valence-corrected chi connectivity index (χ1v) is 11.6. The maximum atomic E-state index is 8.31. The predicted molar refractivity (Wildman–Crippen MR) is 109 cm³/mol. The first kappa shape index (κ1) is 23.0. The molecular formula is C23H46O2. The van der Waals surface area contributed by atoms with Gasteiger partial charge in [-0.2, -0.15) is 0 Å². The number of hydrogen-bond acceptors (Lipinski definition) is 2. The lowest BCUT2D eigenvalue weighted by Crippen LogP contribution is -2.30. The molecule has 0 bridgehead atoms. The van der Waals surface area contributed by atoms with Gasteiger partial charge in [-0.15, -0.1) is 0 Å². The normalized spacial score (nSPS) is 17.5. The third kappa shape index (κ3) is 13.7. The van der Waals surface area contributed by atoms with E-state index in [0.717, 1.165) is 19.1 Å². The van der Waals surface area contributed by atoms with E-state index in [1.807, 2.05) is 0 Å². The summed E-state index contributed by atoms with van der Waals surface area (Å²) < 4.78 is 4.77. The molecule has 1 aliphatic heterocycles. The number of ether oxygens (including phenoxy) is 1. The van der Waals surface area contributed by atoms with Crippen molar-refractivity contribution >= 4 is 0 Å². The van der Waals surface area contributed by atoms with Crippen molar-refractivity contribution in [3.8, 4) is 0 Å². The molecule has 2 heteroatoms. The highest BCUT2D eigenvalue weighted by Crippen LogP contribution is 2.31. The average Bonchev–Trinajstić information content (AvgIpc) is 2.53. The third-order valence-electron chi connectivity index (χ3n) is 5.91. The van der Waals surface area contributed by atoms with Crippen molar-refractivity contribution in [2.45, 2.75) is 116 Å². The highest BCUT2D eigenvalue weighted by atomic mass is 16.5. The van der Waals surface area contributed by atoms with E-state index in [1.165, 1.54) is 109 Å². The van der Waals surface area contributed by atoms with Crippen molar-refractivity contribution in [1.82, 2.24) is 0 Å². The second kappa shape index (κ2) is 17.3. The zero-order valence-electron chi connectivity index (χ0n) is 17.2. The summed E-state index contributed by atoms with van der Waals surface area (Å²) in [6.45, 7) is 4.11. The monoisotopic (exact) mass is 354 g/mol. The van der Waals surface area contributed by atoms with Gasteiger partial charge in [0, 0.05) is 5.92 Å². The predicted octanol–water partition coefficient (Wildman–Crippen LogP) is 6.89. The molecule has 0 spiro atoms. The molecule has 0 amide bonds. The van der Waals surface area contributed by atoms with Crippen molar-refractivity contribution in [2.24, 2.45) is 11.8 Å². The van der Waals surface area contributed by atoms with Crippen molar-refractivity contribution in [3.05, 3.63) is 0 Å². The van der Waals surface area contributed by atoms with E-state index in [1.54, 1.807) is 0 Å². The Hall–Kier alpha value is -0.0800. The summed E-state index contributed by atoms with van der Waals surface area (Å²) in [5.41, 5.74) is 0. The topological polar surface area (TPSA) is 29.5 Å². The average molecular weight is 355 g/mol. The lowest BCUT2D eigenvalue weighted by Gasteiger charge is -2.24. The molecule has 0 atom stereocenters. The number of aliphatic hydroxyl groups excluding tert-OH is 1. The summed E-state index contributed by atoms with van der Waals surface area (Å²) in [5.74, 6) is 1.58. The molecule has 0 aromatic heterocycles. The Morgan fingerprint density at radius 2 is 1.16 bits per heavy atom. The van der Waals surface area contributed by atoms with E-state index in [0.29, 0.717) is 12.5 Å². The Bertz CT molecular complexity index is 256. The fraction of sp³-hybridized carbons (Fsp3) is 1.00. The molecule has 1 saturated carbocycles. The molecule has 0 unspecified atom stereocenters. The minimum absolute atomic E-state index is 0.292. The van der Waals surface area contributed by atoms with Crippen LogP contribution in [0.3, 0.4) is 0 Å². The molecule has 1 aliphatic carbocycles. The van der Waals surface area contributed by atoms with E-state index in [4.69, 9.17) is 9.84 Å². The Balaban J connectivity index is 0.000000435. The van der Waals surface area contributed by atoms with E-state index in [9.17, 15) is 0 Å². The number of rotatable bonds is 15. The summed E-state index contributed by atoms with van der Waals surface area (Å²) in [6.07, 6.45) is 25.4. The second-order valence-electron chi connectivity index (χ2n) is 8.41. The van der Waals surface area contributed by atoms with Gasteiger partial charge in [-0.3, -0.25) is 0 Å². The molecule has 1 N–H and O–H groups in total. The first-order chi connectivity index (χ1) is 12.4. The zero-order chi connectivity index (χ0) is 18.0. The van der Waals surface area contributed by atoms with Gasteiger partial charge in [-0.25, -0.2) is 0 Å². The smallest absolute Gasteiger partial charge is 0.0538 e. The van der Waals surface area contributed by atoms with Gasteiger partial charge in [-0.1, -0.05) is 116 Å². The van der Waals surface area contributed by atoms with Crippen LogP contribution in [0, 0.1) is 11.8 Å². The van der Waals surface area contributed by atoms with Crippen LogP contribution in [0.25, 0.3) is 0 Å². The maximum Gasteiger partial charge on any atom is 0.0538 e. The number of hydrogen-bond donors (Lipinski definition) is 1. The highest BCUT2D eigenvalue weighted by Gasteiger charge is 2.16. The van der Waals surface area contributed by atoms with Crippen LogP contribution in [0.2, 0.25) is 0 Å². The summed E-state index contributed by atoms with van der Waals surface area (Å²) in [4.78, 5) is 0. The van der Waals surface area contributed by atoms with E-state index < -0.39 is 0 Å². The van der Waals surface area contributed by atoms with Crippen LogP contribution in [0.4, 0.5) is 0 Å². The van der Waals surface area contributed by atoms with Gasteiger partial charge >= 0.3 is 0 Å². The van der Waals surface area contributed by atoms with Crippen molar-refractivity contribution in [1.29, 1.82) is 0 Å². The molecule has 25 heavy (non-hydrogen) atoms. The van der Waals surface area contributed by atoms with Crippen LogP contribution in [-0.4, -0.2) is 24.9 Å². The third-order valence-corrected chi connectivity index (χ3v) is 5.91. The summed E-state index contributed by atoms with van der Waals surface area (Å²) >= 11 is 0. The molecule has 0 aromatic carbocycles. The molecule has 2 fully saturated rings. The quantitative estimate of drug-likeness (QED) is 0.324. The number of unbranched alkanes of at least 4 members (excludes halogenated alkanes) is 12. The van der Waals surface area contributed by atoms with Crippen molar-refractivity contribution in [3.63, 3.8) is 0 Å². The lowest BCUT2D eigenvalue weighted by molar-refractivity contribution is -0.0554. The van der Waals surface area contributed by atoms with Gasteiger partial charge in [0.1, 0.15) is 0 Å². The second-order valence-corrected chi connectivity index (χ2v) is 8.41. The van der Waals surface area contributed by atoms with Gasteiger partial charge < -0.3 is 9.84 Å². The molecule has 0 aromatic rings. The molecule has 1 saturated heterocycles. The Morgan fingerprint density at radius 1 is 0.680 bits per heavy atom. The highest BCUT2D eigenvalue weighted by molar-refractivity contribution is 4.69. The fourth-order valence-electron chi connectivity index (χ4n) is 3.62. The maximum absolute atomic E-state index is 8.31. The molecule has 1 heterocycles. The molecule has 2 nitrogen and oxygen atoms in total. The van der Waals surface area contributed by atoms with Crippen LogP contribution in [0.15, 0.2) is 0 Å². The van der Waals surface area contributed by atoms with Crippen LogP contribution < -0.4 is 0 Å². The number of aliphatic hydroxyl groups is 1. The van der Waals surface area contributed by atoms with Gasteiger partial charge in [0.25, 0.3) is 0 Å². The molecular weight excluding hydrogens is 308 g/mol. The van der Waals surface area contributed by atoms with Gasteiger partial charge in [0.2, 0.25) is 0 Å². The largest absolute Gasteiger partial charge is 0.396 e. The SMILES string of the molecule is CCCCCCCCCCCCCCCC1CCC1.OCC1COC1. The van der Waals surface area contributed by atoms with E-state index in [-0.39, 0.29) is 0 Å². The van der Waals surface area contributed by atoms with Crippen LogP contribution in [0.5, 0.6) is 0 Å². The van der Waals surface area contributed by atoms with Crippen molar-refractivity contribution in [2.75, 3.05) is 19.8 Å². The summed E-state index contributed by atoms with van der Waals surface area (Å²) in [7, 11) is 0. The minimum Gasteiger partial charge on any atom is -0.396 e. The van der Waals surface area contributed by atoms with Crippen LogP contribution in [0.1, 0.15) is 116 Å². The summed E-state index contributed by atoms with van der Waals surface area (Å²) in [6, 6.07) is 0. The van der Waals surface area contributed by atoms with E-state index in [2.05, 4.69) is 6.92 Å². The molecule has 150 valence electrons. The van der Waals surface area contributed by atoms with Gasteiger partial charge in [0.15, 0.2) is 0 Å². The Morgan fingerprint density at radius 3 is 1.44 bits per heavy atom. The van der Waals surface area contributed by atoms with E-state index >= 15 is 0 Å². The standard InChI is InChI=1S/C19H38.C4H8O2/c1-2-3-4-5-6-7-8-9-10-11-12-13-14-16-19-17-15-18-19;5-1-4-2-6-3-4/h19H,2-18H2,1H3;4-5H,1-3H2. The molecule has 0 radical (unpaired) electrons. The Kier molecular flexibility index (Phi) is 15.9. The summed E-state index contributed by atoms with van der Waals surface area (Å²) in [5, 5.41) is 8.31. The van der Waals surface area contributed by atoms with Crippen molar-refractivity contribution < 1.29 is 9.84 Å². The Labute approximate surface area is 158 Å². The first-order valence-electron chi connectivity index (χ1n) is 11.6. The zero-order valence-corrected chi connectivity index (χ0v) is 17.2. The molecule has 2 rings (SSSR count). The lowest BCUT2D eigenvalue weighted by atomic mass is 9.81. The van der Waals surface area contributed by atoms with Gasteiger partial charge in [-0.05, 0) is 5.92 Å². The minimum atomic E-state index is 0.292. The van der Waals surface area contributed by atoms with Crippen LogP contribution >= 0.6 is 0 Å². The van der Waals surface area contributed by atoms with Crippen LogP contribution in [-0.2, 0) is 4.74 Å².